The van der Waals surface area contributed by atoms with Crippen molar-refractivity contribution in [2.24, 2.45) is 5.73 Å². The maximum absolute atomic E-state index is 13.7. The normalized spacial score (nSPS) is 20.6. The van der Waals surface area contributed by atoms with E-state index in [1.165, 1.54) is 19.2 Å². The number of hydrogen-bond donors (Lipinski definition) is 2. The first-order valence-electron chi connectivity index (χ1n) is 14.1. The molecule has 9 nitrogen and oxygen atoms in total. The summed E-state index contributed by atoms with van der Waals surface area (Å²) in [4.78, 5) is 24.7. The first-order chi connectivity index (χ1) is 21.2. The van der Waals surface area contributed by atoms with E-state index in [0.29, 0.717) is 55.4 Å². The van der Waals surface area contributed by atoms with Crippen molar-refractivity contribution in [1.29, 1.82) is 0 Å². The van der Waals surface area contributed by atoms with E-state index in [4.69, 9.17) is 15.2 Å². The lowest BCUT2D eigenvalue weighted by Crippen LogP contribution is -2.64. The molecule has 0 spiro atoms. The second kappa shape index (κ2) is 12.0. The summed E-state index contributed by atoms with van der Waals surface area (Å²) in [5.41, 5.74) is 3.88. The number of methoxy groups -OCH3 is 1. The number of alkyl halides is 6. The first kappa shape index (κ1) is 32.3. The summed E-state index contributed by atoms with van der Waals surface area (Å²) in [6.07, 6.45) is -10.1. The number of hydrogen-bond acceptors (Lipinski definition) is 7. The van der Waals surface area contributed by atoms with Gasteiger partial charge in [-0.1, -0.05) is 6.92 Å². The molecule has 5 rings (SSSR count). The van der Waals surface area contributed by atoms with E-state index < -0.39 is 41.2 Å². The third-order valence-corrected chi connectivity index (χ3v) is 8.28. The van der Waals surface area contributed by atoms with Gasteiger partial charge in [-0.3, -0.25) is 9.88 Å². The molecule has 2 atom stereocenters. The Balaban J connectivity index is 1.69. The molecule has 0 bridgehead atoms. The molecule has 45 heavy (non-hydrogen) atoms. The van der Waals surface area contributed by atoms with Gasteiger partial charge in [-0.2, -0.15) is 26.3 Å². The number of rotatable bonds is 6. The van der Waals surface area contributed by atoms with Crippen molar-refractivity contribution in [1.82, 2.24) is 9.97 Å². The highest BCUT2D eigenvalue weighted by Gasteiger charge is 2.50. The smallest absolute Gasteiger partial charge is 0.416 e. The Morgan fingerprint density at radius 3 is 2.29 bits per heavy atom. The van der Waals surface area contributed by atoms with Gasteiger partial charge < -0.3 is 25.2 Å². The summed E-state index contributed by atoms with van der Waals surface area (Å²) in [7, 11) is 1.40. The summed E-state index contributed by atoms with van der Waals surface area (Å²) in [5, 5.41) is 10.3. The van der Waals surface area contributed by atoms with E-state index in [0.717, 1.165) is 4.90 Å². The van der Waals surface area contributed by atoms with Crippen LogP contribution in [0, 0.1) is 0 Å². The van der Waals surface area contributed by atoms with Gasteiger partial charge in [0.25, 0.3) is 0 Å². The average Bonchev–Trinajstić information content (AvgIpc) is 2.99. The van der Waals surface area contributed by atoms with E-state index in [9.17, 15) is 36.2 Å². The summed E-state index contributed by atoms with van der Waals surface area (Å²) in [5.74, 6) is -0.661. The maximum Gasteiger partial charge on any atom is 0.416 e. The molecule has 2 aromatic heterocycles. The van der Waals surface area contributed by atoms with Gasteiger partial charge in [-0.05, 0) is 54.3 Å². The van der Waals surface area contributed by atoms with Crippen molar-refractivity contribution in [3.05, 3.63) is 76.2 Å². The van der Waals surface area contributed by atoms with E-state index in [2.05, 4.69) is 9.97 Å². The van der Waals surface area contributed by atoms with Crippen LogP contribution in [-0.4, -0.2) is 60.2 Å². The largest absolute Gasteiger partial charge is 0.481 e. The van der Waals surface area contributed by atoms with Crippen LogP contribution in [0.4, 0.5) is 42.5 Å². The molecule has 1 saturated heterocycles. The number of aromatic nitrogens is 2. The lowest BCUT2D eigenvalue weighted by Gasteiger charge is -2.48. The van der Waals surface area contributed by atoms with Crippen molar-refractivity contribution in [3.63, 3.8) is 0 Å². The zero-order chi connectivity index (χ0) is 32.7. The van der Waals surface area contributed by atoms with Crippen LogP contribution in [-0.2, 0) is 29.9 Å². The summed E-state index contributed by atoms with van der Waals surface area (Å²) >= 11 is 0. The molecule has 2 unspecified atom stereocenters. The standard InChI is InChI=1S/C30H31F6N5O4/c1-3-28(37)22(15-23-24(41(28)27(42)43)4-5-25(39-23)44-2)26-18(13-21(16-38-26)40-6-8-45-9-7-40)10-17-11-19(29(31,32)33)14-20(12-17)30(34,35)36/h4-5,11-14,16,22H,3,6-10,15,37H2,1-2H3,(H,42,43). The fourth-order valence-electron chi connectivity index (χ4n) is 6.01. The van der Waals surface area contributed by atoms with Crippen LogP contribution in [0.15, 0.2) is 42.6 Å². The van der Waals surface area contributed by atoms with Crippen molar-refractivity contribution in [3.8, 4) is 5.88 Å². The summed E-state index contributed by atoms with van der Waals surface area (Å²) < 4.78 is 93.0. The quantitative estimate of drug-likeness (QED) is 0.324. The predicted octanol–water partition coefficient (Wildman–Crippen LogP) is 5.84. The molecular formula is C30H31F6N5O4. The Bertz CT molecular complexity index is 1550. The number of ether oxygens (including phenoxy) is 2. The second-order valence-corrected chi connectivity index (χ2v) is 11.0. The SMILES string of the molecule is CCC1(N)C(c2ncc(N3CCOCC3)cc2Cc2cc(C(F)(F)F)cc(C(F)(F)F)c2)Cc2nc(OC)ccc2N1C(=O)O. The molecule has 3 N–H and O–H groups in total. The fourth-order valence-corrected chi connectivity index (χ4v) is 6.01. The zero-order valence-electron chi connectivity index (χ0n) is 24.4. The zero-order valence-corrected chi connectivity index (χ0v) is 24.4. The van der Waals surface area contributed by atoms with Crippen LogP contribution in [0.1, 0.15) is 52.9 Å². The predicted molar refractivity (Wildman–Crippen MR) is 151 cm³/mol. The number of pyridine rings is 2. The highest BCUT2D eigenvalue weighted by Crippen LogP contribution is 2.46. The number of halogens is 6. The second-order valence-electron chi connectivity index (χ2n) is 11.0. The molecule has 1 aromatic carbocycles. The summed E-state index contributed by atoms with van der Waals surface area (Å²) in [6, 6.07) is 6.13. The molecule has 0 radical (unpaired) electrons. The maximum atomic E-state index is 13.7. The van der Waals surface area contributed by atoms with Crippen molar-refractivity contribution in [2.75, 3.05) is 43.2 Å². The molecular weight excluding hydrogens is 608 g/mol. The lowest BCUT2D eigenvalue weighted by molar-refractivity contribution is -0.143. The van der Waals surface area contributed by atoms with Gasteiger partial charge in [0.15, 0.2) is 0 Å². The Morgan fingerprint density at radius 2 is 1.73 bits per heavy atom. The number of nitrogens with two attached hydrogens (primary N) is 1. The van der Waals surface area contributed by atoms with Crippen LogP contribution >= 0.6 is 0 Å². The Morgan fingerprint density at radius 1 is 1.09 bits per heavy atom. The number of carbonyl (C=O) groups is 1. The van der Waals surface area contributed by atoms with Gasteiger partial charge in [0.05, 0.1) is 60.4 Å². The molecule has 15 heteroatoms. The Hall–Kier alpha value is -4.11. The molecule has 1 fully saturated rings. The van der Waals surface area contributed by atoms with Gasteiger partial charge in [0, 0.05) is 31.5 Å². The molecule has 2 aliphatic rings. The van der Waals surface area contributed by atoms with Crippen LogP contribution < -0.4 is 20.3 Å². The van der Waals surface area contributed by atoms with Gasteiger partial charge >= 0.3 is 18.4 Å². The third-order valence-electron chi connectivity index (χ3n) is 8.28. The minimum Gasteiger partial charge on any atom is -0.481 e. The van der Waals surface area contributed by atoms with Crippen molar-refractivity contribution >= 4 is 17.5 Å². The van der Waals surface area contributed by atoms with Crippen molar-refractivity contribution < 1.29 is 45.7 Å². The average molecular weight is 640 g/mol. The van der Waals surface area contributed by atoms with Gasteiger partial charge in [-0.25, -0.2) is 9.78 Å². The van der Waals surface area contributed by atoms with E-state index >= 15 is 0 Å². The number of anilines is 2. The number of benzene rings is 1. The lowest BCUT2D eigenvalue weighted by atomic mass is 9.77. The number of morpholine rings is 1. The monoisotopic (exact) mass is 639 g/mol. The number of fused-ring (bicyclic) bond motifs is 1. The minimum atomic E-state index is -5.03. The fraction of sp³-hybridized carbons (Fsp3) is 0.433. The van der Waals surface area contributed by atoms with Crippen molar-refractivity contribution in [2.45, 2.75) is 50.1 Å². The van der Waals surface area contributed by atoms with E-state index in [1.54, 1.807) is 19.2 Å². The topological polar surface area (TPSA) is 114 Å². The van der Waals surface area contributed by atoms with Gasteiger partial charge in [-0.15, -0.1) is 0 Å². The molecule has 0 saturated carbocycles. The Labute approximate surface area is 254 Å². The van der Waals surface area contributed by atoms with Crippen LogP contribution in [0.5, 0.6) is 5.88 Å². The molecule has 1 amide bonds. The molecule has 4 heterocycles. The third kappa shape index (κ3) is 6.36. The number of nitrogens with zero attached hydrogens (tertiary/aromatic N) is 4. The molecule has 3 aromatic rings. The van der Waals surface area contributed by atoms with E-state index in [-0.39, 0.29) is 48.2 Å². The molecule has 242 valence electrons. The summed E-state index contributed by atoms with van der Waals surface area (Å²) in [6.45, 7) is 3.51. The van der Waals surface area contributed by atoms with Crippen LogP contribution in [0.3, 0.4) is 0 Å². The number of carboxylic acid groups (broad SMARTS) is 1. The van der Waals surface area contributed by atoms with Crippen LogP contribution in [0.25, 0.3) is 0 Å². The highest BCUT2D eigenvalue weighted by atomic mass is 19.4. The minimum absolute atomic E-state index is 0.0773. The highest BCUT2D eigenvalue weighted by molar-refractivity contribution is 5.89. The van der Waals surface area contributed by atoms with E-state index in [1.807, 2.05) is 4.90 Å². The van der Waals surface area contributed by atoms with Gasteiger partial charge in [0.2, 0.25) is 5.88 Å². The molecule has 0 aliphatic carbocycles. The number of amides is 1. The molecule has 2 aliphatic heterocycles. The Kier molecular flexibility index (Phi) is 8.61. The van der Waals surface area contributed by atoms with Crippen LogP contribution in [0.2, 0.25) is 0 Å². The first-order valence-corrected chi connectivity index (χ1v) is 14.1. The van der Waals surface area contributed by atoms with Gasteiger partial charge in [0.1, 0.15) is 5.66 Å².